The normalized spacial score (nSPS) is 11.9. The monoisotopic (exact) mass is 420 g/mol. The molecule has 0 amide bonds. The number of nitrogens with zero attached hydrogens (tertiary/aromatic N) is 3. The van der Waals surface area contributed by atoms with Crippen molar-refractivity contribution < 1.29 is 31.1 Å². The third kappa shape index (κ3) is 4.22. The van der Waals surface area contributed by atoms with E-state index in [1.165, 1.54) is 19.2 Å². The molecule has 11 heteroatoms. The minimum absolute atomic E-state index is 0.0639. The van der Waals surface area contributed by atoms with Crippen LogP contribution in [0.25, 0.3) is 16.7 Å². The molecule has 158 valence electrons. The molecule has 2 heterocycles. The van der Waals surface area contributed by atoms with Crippen molar-refractivity contribution in [2.45, 2.75) is 33.1 Å². The molecule has 0 radical (unpaired) electrons. The number of alkyl halides is 6. The molecule has 2 N–H and O–H groups in total. The van der Waals surface area contributed by atoms with Gasteiger partial charge in [0, 0.05) is 0 Å². The molecule has 0 aliphatic heterocycles. The van der Waals surface area contributed by atoms with Gasteiger partial charge in [0.2, 0.25) is 0 Å². The molecule has 3 rings (SSSR count). The van der Waals surface area contributed by atoms with Crippen LogP contribution in [-0.2, 0) is 12.4 Å². The Labute approximate surface area is 162 Å². The zero-order valence-electron chi connectivity index (χ0n) is 15.9. The molecule has 0 fully saturated rings. The quantitative estimate of drug-likeness (QED) is 0.565. The number of fused-ring (bicyclic) bond motifs is 1. The summed E-state index contributed by atoms with van der Waals surface area (Å²) in [4.78, 5) is 3.23. The number of rotatable bonds is 2. The molecule has 29 heavy (non-hydrogen) atoms. The van der Waals surface area contributed by atoms with Crippen LogP contribution < -0.4 is 10.5 Å². The van der Waals surface area contributed by atoms with E-state index in [0.717, 1.165) is 4.68 Å². The van der Waals surface area contributed by atoms with E-state index >= 15 is 0 Å². The van der Waals surface area contributed by atoms with E-state index < -0.39 is 40.5 Å². The summed E-state index contributed by atoms with van der Waals surface area (Å²) in [6.45, 7) is 5.63. The number of aryl methyl sites for hydroxylation is 1. The first kappa shape index (κ1) is 22.3. The van der Waals surface area contributed by atoms with Gasteiger partial charge in [-0.25, -0.2) is 9.67 Å². The van der Waals surface area contributed by atoms with Crippen LogP contribution >= 0.6 is 0 Å². The van der Waals surface area contributed by atoms with Crippen LogP contribution in [0.4, 0.5) is 32.2 Å². The molecule has 0 aliphatic carbocycles. The highest BCUT2D eigenvalue weighted by Gasteiger charge is 2.41. The maximum atomic E-state index is 13.4. The van der Waals surface area contributed by atoms with Crippen molar-refractivity contribution >= 4 is 16.9 Å². The molecular formula is C18H18F6N4O. The zero-order chi connectivity index (χ0) is 22.1. The smallest absolute Gasteiger partial charge is 0.433 e. The molecular weight excluding hydrogens is 402 g/mol. The standard InChI is InChI=1S/C16H12F6N4O.C2H6/c1-7-5-8(27-2)3-4-10(7)26-13(23)12-9(15(17,18)19)6-11(16(20,21)22)24-14(12)25-26;1-2/h3-6H,23H2,1-2H3;1-2H3. The predicted octanol–water partition coefficient (Wildman–Crippen LogP) is 5.38. The average Bonchev–Trinajstić information content (AvgIpc) is 2.97. The minimum Gasteiger partial charge on any atom is -0.497 e. The van der Waals surface area contributed by atoms with Gasteiger partial charge in [-0.2, -0.15) is 26.3 Å². The highest BCUT2D eigenvalue weighted by Crippen LogP contribution is 2.41. The van der Waals surface area contributed by atoms with E-state index in [1.54, 1.807) is 13.0 Å². The number of hydrogen-bond acceptors (Lipinski definition) is 4. The van der Waals surface area contributed by atoms with Gasteiger partial charge in [-0.3, -0.25) is 0 Å². The summed E-state index contributed by atoms with van der Waals surface area (Å²) >= 11 is 0. The molecule has 0 spiro atoms. The van der Waals surface area contributed by atoms with Crippen LogP contribution in [0.5, 0.6) is 5.75 Å². The van der Waals surface area contributed by atoms with E-state index in [9.17, 15) is 26.3 Å². The van der Waals surface area contributed by atoms with E-state index in [1.807, 2.05) is 13.8 Å². The lowest BCUT2D eigenvalue weighted by Gasteiger charge is -2.12. The van der Waals surface area contributed by atoms with Gasteiger partial charge in [0.1, 0.15) is 17.3 Å². The van der Waals surface area contributed by atoms with E-state index in [4.69, 9.17) is 10.5 Å². The first-order valence-electron chi connectivity index (χ1n) is 8.42. The highest BCUT2D eigenvalue weighted by molar-refractivity contribution is 5.91. The third-order valence-corrected chi connectivity index (χ3v) is 3.91. The fraction of sp³-hybridized carbons (Fsp3) is 0.333. The van der Waals surface area contributed by atoms with Gasteiger partial charge in [-0.1, -0.05) is 13.8 Å². The first-order chi connectivity index (χ1) is 13.4. The number of benzene rings is 1. The molecule has 0 saturated heterocycles. The van der Waals surface area contributed by atoms with Crippen LogP contribution in [0, 0.1) is 6.92 Å². The highest BCUT2D eigenvalue weighted by atomic mass is 19.4. The Hall–Kier alpha value is -2.98. The Morgan fingerprint density at radius 2 is 1.62 bits per heavy atom. The molecule has 0 aliphatic rings. The number of anilines is 1. The minimum atomic E-state index is -5.07. The topological polar surface area (TPSA) is 66.0 Å². The number of pyridine rings is 1. The van der Waals surface area contributed by atoms with Crippen molar-refractivity contribution in [3.63, 3.8) is 0 Å². The lowest BCUT2D eigenvalue weighted by Crippen LogP contribution is -2.13. The van der Waals surface area contributed by atoms with Gasteiger partial charge in [0.25, 0.3) is 0 Å². The molecule has 0 bridgehead atoms. The van der Waals surface area contributed by atoms with Crippen LogP contribution in [-0.4, -0.2) is 21.9 Å². The maximum Gasteiger partial charge on any atom is 0.433 e. The number of halogens is 6. The van der Waals surface area contributed by atoms with Crippen molar-refractivity contribution in [1.82, 2.24) is 14.8 Å². The fourth-order valence-corrected chi connectivity index (χ4v) is 2.66. The van der Waals surface area contributed by atoms with Crippen LogP contribution in [0.2, 0.25) is 0 Å². The van der Waals surface area contributed by atoms with Gasteiger partial charge in [-0.05, 0) is 36.8 Å². The molecule has 1 aromatic carbocycles. The summed E-state index contributed by atoms with van der Waals surface area (Å²) in [6.07, 6.45) is -10.1. The second-order valence-electron chi connectivity index (χ2n) is 5.70. The van der Waals surface area contributed by atoms with Gasteiger partial charge in [0.15, 0.2) is 5.65 Å². The van der Waals surface area contributed by atoms with E-state index in [2.05, 4.69) is 10.1 Å². The molecule has 0 saturated carbocycles. The lowest BCUT2D eigenvalue weighted by molar-refractivity contribution is -0.144. The Morgan fingerprint density at radius 1 is 1.00 bits per heavy atom. The SMILES string of the molecule is CC.COc1ccc(-n2nc3nc(C(F)(F)F)cc(C(F)(F)F)c3c2N)c(C)c1. The number of hydrogen-bond donors (Lipinski definition) is 1. The zero-order valence-corrected chi connectivity index (χ0v) is 15.9. The maximum absolute atomic E-state index is 13.4. The molecule has 0 unspecified atom stereocenters. The summed E-state index contributed by atoms with van der Waals surface area (Å²) in [6, 6.07) is 4.52. The number of methoxy groups -OCH3 is 1. The second-order valence-corrected chi connectivity index (χ2v) is 5.70. The van der Waals surface area contributed by atoms with Crippen molar-refractivity contribution in [2.75, 3.05) is 12.8 Å². The summed E-state index contributed by atoms with van der Waals surface area (Å²) in [5.74, 6) is 0.0202. The molecule has 0 atom stereocenters. The molecule has 5 nitrogen and oxygen atoms in total. The Morgan fingerprint density at radius 3 is 2.10 bits per heavy atom. The Balaban J connectivity index is 0.00000145. The summed E-state index contributed by atoms with van der Waals surface area (Å²) in [5, 5.41) is 3.10. The fourth-order valence-electron chi connectivity index (χ4n) is 2.66. The number of aromatic nitrogens is 3. The molecule has 3 aromatic rings. The van der Waals surface area contributed by atoms with Crippen molar-refractivity contribution in [1.29, 1.82) is 0 Å². The van der Waals surface area contributed by atoms with Crippen molar-refractivity contribution in [3.05, 3.63) is 41.1 Å². The van der Waals surface area contributed by atoms with Crippen LogP contribution in [0.3, 0.4) is 0 Å². The first-order valence-corrected chi connectivity index (χ1v) is 8.42. The van der Waals surface area contributed by atoms with Gasteiger partial charge in [-0.15, -0.1) is 5.10 Å². The van der Waals surface area contributed by atoms with Crippen LogP contribution in [0.1, 0.15) is 30.7 Å². The van der Waals surface area contributed by atoms with Crippen molar-refractivity contribution in [2.24, 2.45) is 0 Å². The number of nitrogens with two attached hydrogens (primary N) is 1. The predicted molar refractivity (Wildman–Crippen MR) is 95.9 cm³/mol. The Kier molecular flexibility index (Phi) is 6.00. The second kappa shape index (κ2) is 7.80. The van der Waals surface area contributed by atoms with E-state index in [0.29, 0.717) is 11.3 Å². The summed E-state index contributed by atoms with van der Waals surface area (Å²) < 4.78 is 84.9. The lowest BCUT2D eigenvalue weighted by atomic mass is 10.1. The average molecular weight is 420 g/mol. The third-order valence-electron chi connectivity index (χ3n) is 3.91. The van der Waals surface area contributed by atoms with E-state index in [-0.39, 0.29) is 11.8 Å². The number of ether oxygens (including phenoxy) is 1. The summed E-state index contributed by atoms with van der Waals surface area (Å²) in [5.41, 5.74) is 2.65. The van der Waals surface area contributed by atoms with Crippen LogP contribution in [0.15, 0.2) is 24.3 Å². The Bertz CT molecular complexity index is 1020. The number of nitrogen functional groups attached to an aromatic ring is 1. The van der Waals surface area contributed by atoms with Gasteiger partial charge < -0.3 is 10.5 Å². The van der Waals surface area contributed by atoms with Gasteiger partial charge >= 0.3 is 12.4 Å². The van der Waals surface area contributed by atoms with Gasteiger partial charge in [0.05, 0.1) is 23.7 Å². The molecule has 2 aromatic heterocycles. The van der Waals surface area contributed by atoms with Crippen molar-refractivity contribution in [3.8, 4) is 11.4 Å². The largest absolute Gasteiger partial charge is 0.497 e. The summed E-state index contributed by atoms with van der Waals surface area (Å²) in [7, 11) is 1.43.